The lowest BCUT2D eigenvalue weighted by molar-refractivity contribution is -0.0324. The standard InChI is InChI=1S/C13H17NO2/c1-3-13(15)7-4-5-10-9-11(14-16)6-8-12(10,13)2/h1,9,15-16H,4-8H2,2H3. The van der Waals surface area contributed by atoms with E-state index >= 15 is 0 Å². The first-order chi connectivity index (χ1) is 7.55. The Balaban J connectivity index is 2.46. The zero-order valence-electron chi connectivity index (χ0n) is 9.53. The zero-order valence-corrected chi connectivity index (χ0v) is 9.53. The van der Waals surface area contributed by atoms with Crippen LogP contribution in [0.5, 0.6) is 0 Å². The largest absolute Gasteiger partial charge is 0.411 e. The Morgan fingerprint density at radius 3 is 2.81 bits per heavy atom. The molecule has 2 aliphatic rings. The van der Waals surface area contributed by atoms with E-state index in [2.05, 4.69) is 11.1 Å². The van der Waals surface area contributed by atoms with Crippen molar-refractivity contribution in [1.82, 2.24) is 0 Å². The highest BCUT2D eigenvalue weighted by atomic mass is 16.4. The summed E-state index contributed by atoms with van der Waals surface area (Å²) in [4.78, 5) is 0. The summed E-state index contributed by atoms with van der Waals surface area (Å²) in [5, 5.41) is 22.6. The van der Waals surface area contributed by atoms with E-state index in [-0.39, 0.29) is 5.41 Å². The van der Waals surface area contributed by atoms with Gasteiger partial charge in [-0.3, -0.25) is 0 Å². The average Bonchev–Trinajstić information content (AvgIpc) is 2.30. The minimum atomic E-state index is -1.04. The summed E-state index contributed by atoms with van der Waals surface area (Å²) in [5.74, 6) is 2.57. The van der Waals surface area contributed by atoms with Gasteiger partial charge in [0.25, 0.3) is 0 Å². The van der Waals surface area contributed by atoms with Crippen molar-refractivity contribution in [2.45, 2.75) is 44.6 Å². The first-order valence-electron chi connectivity index (χ1n) is 5.68. The topological polar surface area (TPSA) is 52.8 Å². The van der Waals surface area contributed by atoms with Crippen LogP contribution < -0.4 is 0 Å². The zero-order chi connectivity index (χ0) is 11.8. The summed E-state index contributed by atoms with van der Waals surface area (Å²) in [6.07, 6.45) is 11.3. The number of aliphatic hydroxyl groups is 1. The molecular weight excluding hydrogens is 202 g/mol. The van der Waals surface area contributed by atoms with Gasteiger partial charge >= 0.3 is 0 Å². The van der Waals surface area contributed by atoms with Gasteiger partial charge < -0.3 is 10.3 Å². The molecular formula is C13H17NO2. The third kappa shape index (κ3) is 1.37. The first-order valence-corrected chi connectivity index (χ1v) is 5.68. The maximum atomic E-state index is 10.5. The van der Waals surface area contributed by atoms with Gasteiger partial charge in [0.05, 0.1) is 5.71 Å². The molecule has 2 atom stereocenters. The third-order valence-electron chi connectivity index (χ3n) is 4.20. The average molecular weight is 219 g/mol. The molecule has 0 aromatic rings. The van der Waals surface area contributed by atoms with Crippen LogP contribution in [0.25, 0.3) is 0 Å². The highest BCUT2D eigenvalue weighted by Crippen LogP contribution is 2.52. The van der Waals surface area contributed by atoms with Crippen LogP contribution in [0, 0.1) is 17.8 Å². The molecule has 0 spiro atoms. The first kappa shape index (κ1) is 11.2. The van der Waals surface area contributed by atoms with Gasteiger partial charge in [-0.1, -0.05) is 23.6 Å². The molecule has 0 saturated heterocycles. The van der Waals surface area contributed by atoms with Crippen LogP contribution in [0.2, 0.25) is 0 Å². The Morgan fingerprint density at radius 2 is 2.19 bits per heavy atom. The predicted molar refractivity (Wildman–Crippen MR) is 62.3 cm³/mol. The Hall–Kier alpha value is -1.27. The van der Waals surface area contributed by atoms with E-state index in [9.17, 15) is 5.11 Å². The van der Waals surface area contributed by atoms with Crippen molar-refractivity contribution in [3.05, 3.63) is 11.6 Å². The number of terminal acetylenes is 1. The van der Waals surface area contributed by atoms with E-state index in [0.717, 1.165) is 24.8 Å². The minimum absolute atomic E-state index is 0.353. The van der Waals surface area contributed by atoms with Gasteiger partial charge in [0.2, 0.25) is 0 Å². The Kier molecular flexibility index (Phi) is 2.55. The molecule has 0 bridgehead atoms. The smallest absolute Gasteiger partial charge is 0.134 e. The fourth-order valence-corrected chi connectivity index (χ4v) is 2.91. The summed E-state index contributed by atoms with van der Waals surface area (Å²) in [6, 6.07) is 0. The van der Waals surface area contributed by atoms with Crippen LogP contribution in [0.15, 0.2) is 16.8 Å². The van der Waals surface area contributed by atoms with Crippen LogP contribution in [-0.2, 0) is 0 Å². The van der Waals surface area contributed by atoms with Crippen LogP contribution in [0.4, 0.5) is 0 Å². The summed E-state index contributed by atoms with van der Waals surface area (Å²) >= 11 is 0. The van der Waals surface area contributed by atoms with Gasteiger partial charge in [-0.15, -0.1) is 6.42 Å². The molecule has 0 aliphatic heterocycles. The maximum absolute atomic E-state index is 10.5. The number of allylic oxidation sites excluding steroid dienone is 1. The Bertz CT molecular complexity index is 405. The van der Waals surface area contributed by atoms with Gasteiger partial charge in [-0.25, -0.2) is 0 Å². The number of hydrogen-bond donors (Lipinski definition) is 2. The summed E-state index contributed by atoms with van der Waals surface area (Å²) in [5.41, 5.74) is 0.415. The number of rotatable bonds is 0. The highest BCUT2D eigenvalue weighted by Gasteiger charge is 2.51. The van der Waals surface area contributed by atoms with Crippen molar-refractivity contribution < 1.29 is 10.3 Å². The van der Waals surface area contributed by atoms with Crippen molar-refractivity contribution in [2.24, 2.45) is 10.6 Å². The molecule has 3 heteroatoms. The molecule has 1 fully saturated rings. The lowest BCUT2D eigenvalue weighted by Crippen LogP contribution is -2.50. The molecule has 86 valence electrons. The molecule has 2 unspecified atom stereocenters. The normalized spacial score (nSPS) is 41.1. The van der Waals surface area contributed by atoms with Crippen LogP contribution in [-0.4, -0.2) is 21.6 Å². The van der Waals surface area contributed by atoms with Crippen LogP contribution >= 0.6 is 0 Å². The Labute approximate surface area is 95.9 Å². The van der Waals surface area contributed by atoms with E-state index in [0.29, 0.717) is 18.6 Å². The lowest BCUT2D eigenvalue weighted by atomic mass is 9.57. The van der Waals surface area contributed by atoms with Gasteiger partial charge in [-0.05, 0) is 38.2 Å². The van der Waals surface area contributed by atoms with Crippen molar-refractivity contribution in [3.8, 4) is 12.3 Å². The van der Waals surface area contributed by atoms with E-state index in [4.69, 9.17) is 11.6 Å². The van der Waals surface area contributed by atoms with Crippen LogP contribution in [0.1, 0.15) is 39.0 Å². The summed E-state index contributed by atoms with van der Waals surface area (Å²) in [6.45, 7) is 2.02. The molecule has 2 rings (SSSR count). The molecule has 0 aromatic carbocycles. The molecule has 0 radical (unpaired) electrons. The second-order valence-corrected chi connectivity index (χ2v) is 4.95. The molecule has 2 N–H and O–H groups in total. The third-order valence-corrected chi connectivity index (χ3v) is 4.20. The van der Waals surface area contributed by atoms with Crippen molar-refractivity contribution in [1.29, 1.82) is 0 Å². The second-order valence-electron chi connectivity index (χ2n) is 4.95. The molecule has 2 aliphatic carbocycles. The molecule has 16 heavy (non-hydrogen) atoms. The van der Waals surface area contributed by atoms with Gasteiger partial charge in [-0.2, -0.15) is 0 Å². The monoisotopic (exact) mass is 219 g/mol. The lowest BCUT2D eigenvalue weighted by Gasteiger charge is -2.49. The molecule has 0 aromatic heterocycles. The van der Waals surface area contributed by atoms with Crippen molar-refractivity contribution >= 4 is 5.71 Å². The van der Waals surface area contributed by atoms with Gasteiger partial charge in [0.15, 0.2) is 0 Å². The number of nitrogens with zero attached hydrogens (tertiary/aromatic N) is 1. The van der Waals surface area contributed by atoms with Crippen molar-refractivity contribution in [3.63, 3.8) is 0 Å². The van der Waals surface area contributed by atoms with E-state index < -0.39 is 5.60 Å². The maximum Gasteiger partial charge on any atom is 0.134 e. The summed E-state index contributed by atoms with van der Waals surface area (Å²) in [7, 11) is 0. The number of oxime groups is 1. The van der Waals surface area contributed by atoms with Crippen molar-refractivity contribution in [2.75, 3.05) is 0 Å². The fraction of sp³-hybridized carbons (Fsp3) is 0.615. The molecule has 1 saturated carbocycles. The molecule has 0 amide bonds. The van der Waals surface area contributed by atoms with E-state index in [1.807, 2.05) is 13.0 Å². The molecule has 0 heterocycles. The Morgan fingerprint density at radius 1 is 1.44 bits per heavy atom. The van der Waals surface area contributed by atoms with E-state index in [1.54, 1.807) is 0 Å². The minimum Gasteiger partial charge on any atom is -0.411 e. The van der Waals surface area contributed by atoms with Gasteiger partial charge in [0.1, 0.15) is 5.60 Å². The highest BCUT2D eigenvalue weighted by molar-refractivity contribution is 5.96. The quantitative estimate of drug-likeness (QED) is 0.372. The van der Waals surface area contributed by atoms with Crippen LogP contribution in [0.3, 0.4) is 0 Å². The second kappa shape index (κ2) is 3.64. The fourth-order valence-electron chi connectivity index (χ4n) is 2.91. The molecule has 3 nitrogen and oxygen atoms in total. The SMILES string of the molecule is C#CC1(O)CCCC2=CC(=NO)CCC21C. The van der Waals surface area contributed by atoms with Gasteiger partial charge in [0, 0.05) is 5.41 Å². The van der Waals surface area contributed by atoms with E-state index in [1.165, 1.54) is 0 Å². The summed E-state index contributed by atoms with van der Waals surface area (Å²) < 4.78 is 0. The number of fused-ring (bicyclic) bond motifs is 1. The number of hydrogen-bond acceptors (Lipinski definition) is 3. The predicted octanol–water partition coefficient (Wildman–Crippen LogP) is 2.09.